The minimum absolute atomic E-state index is 0.0984. The minimum Gasteiger partial charge on any atom is -0.484 e. The minimum atomic E-state index is -4.41. The second kappa shape index (κ2) is 11.1. The van der Waals surface area contributed by atoms with Gasteiger partial charge in [-0.15, -0.1) is 0 Å². The maximum Gasteiger partial charge on any atom is 0.416 e. The summed E-state index contributed by atoms with van der Waals surface area (Å²) in [4.78, 5) is 19.2. The Morgan fingerprint density at radius 1 is 1.06 bits per heavy atom. The number of halogens is 4. The van der Waals surface area contributed by atoms with Crippen molar-refractivity contribution in [2.45, 2.75) is 50.7 Å². The van der Waals surface area contributed by atoms with Gasteiger partial charge in [-0.2, -0.15) is 18.2 Å². The van der Waals surface area contributed by atoms with E-state index in [-0.39, 0.29) is 24.4 Å². The molecule has 1 aromatic heterocycles. The molecule has 0 spiro atoms. The fourth-order valence-electron chi connectivity index (χ4n) is 4.16. The zero-order valence-electron chi connectivity index (χ0n) is 18.9. The number of benzene rings is 2. The summed E-state index contributed by atoms with van der Waals surface area (Å²) in [6.07, 6.45) is 1.04. The van der Waals surface area contributed by atoms with E-state index < -0.39 is 11.7 Å². The number of alkyl halides is 3. The molecule has 0 radical (unpaired) electrons. The molecule has 0 unspecified atom stereocenters. The average molecular weight is 508 g/mol. The van der Waals surface area contributed by atoms with E-state index in [9.17, 15) is 18.0 Å². The van der Waals surface area contributed by atoms with Crippen molar-refractivity contribution in [1.82, 2.24) is 15.0 Å². The molecule has 0 saturated heterocycles. The van der Waals surface area contributed by atoms with Gasteiger partial charge in [0, 0.05) is 29.6 Å². The first-order chi connectivity index (χ1) is 16.8. The highest BCUT2D eigenvalue weighted by molar-refractivity contribution is 6.30. The highest BCUT2D eigenvalue weighted by atomic mass is 35.5. The van der Waals surface area contributed by atoms with Crippen LogP contribution < -0.4 is 4.74 Å². The Balaban J connectivity index is 1.39. The van der Waals surface area contributed by atoms with Crippen molar-refractivity contribution in [3.8, 4) is 17.1 Å². The Morgan fingerprint density at radius 2 is 1.74 bits per heavy atom. The Kier molecular flexibility index (Phi) is 7.95. The molecule has 1 aliphatic rings. The summed E-state index contributed by atoms with van der Waals surface area (Å²) in [5.41, 5.74) is -0.322. The van der Waals surface area contributed by atoms with Crippen molar-refractivity contribution in [2.24, 2.45) is 0 Å². The van der Waals surface area contributed by atoms with Crippen LogP contribution in [0.1, 0.15) is 43.6 Å². The fraction of sp³-hybridized carbons (Fsp3) is 0.400. The molecule has 1 fully saturated rings. The van der Waals surface area contributed by atoms with E-state index >= 15 is 0 Å². The van der Waals surface area contributed by atoms with Gasteiger partial charge in [-0.05, 0) is 49.2 Å². The summed E-state index contributed by atoms with van der Waals surface area (Å²) in [6, 6.07) is 11.5. The number of hydrogen-bond donors (Lipinski definition) is 0. The number of hydrogen-bond acceptors (Lipinski definition) is 5. The summed E-state index contributed by atoms with van der Waals surface area (Å²) >= 11 is 5.90. The lowest BCUT2D eigenvalue weighted by Gasteiger charge is -2.34. The van der Waals surface area contributed by atoms with Gasteiger partial charge in [0.25, 0.3) is 5.91 Å². The van der Waals surface area contributed by atoms with E-state index in [0.717, 1.165) is 44.2 Å². The van der Waals surface area contributed by atoms with Crippen LogP contribution >= 0.6 is 11.6 Å². The number of aromatic nitrogens is 2. The van der Waals surface area contributed by atoms with Crippen LogP contribution in [-0.2, 0) is 17.4 Å². The van der Waals surface area contributed by atoms with E-state index in [1.54, 1.807) is 24.3 Å². The van der Waals surface area contributed by atoms with Crippen molar-refractivity contribution in [3.05, 3.63) is 65.0 Å². The van der Waals surface area contributed by atoms with Crippen molar-refractivity contribution >= 4 is 17.5 Å². The number of amides is 1. The lowest BCUT2D eigenvalue weighted by atomic mass is 9.94. The van der Waals surface area contributed by atoms with Gasteiger partial charge in [-0.3, -0.25) is 4.79 Å². The van der Waals surface area contributed by atoms with Gasteiger partial charge < -0.3 is 14.2 Å². The molecule has 0 bridgehead atoms. The fourth-order valence-corrected chi connectivity index (χ4v) is 4.29. The van der Waals surface area contributed by atoms with Crippen LogP contribution in [0.25, 0.3) is 11.4 Å². The zero-order valence-corrected chi connectivity index (χ0v) is 19.7. The topological polar surface area (TPSA) is 68.5 Å². The molecule has 0 N–H and O–H groups in total. The average Bonchev–Trinajstić information content (AvgIpc) is 3.33. The Morgan fingerprint density at radius 3 is 2.40 bits per heavy atom. The molecule has 6 nitrogen and oxygen atoms in total. The molecular weight excluding hydrogens is 483 g/mol. The Hall–Kier alpha value is -3.07. The van der Waals surface area contributed by atoms with E-state index in [2.05, 4.69) is 10.1 Å². The molecule has 10 heteroatoms. The second-order valence-corrected chi connectivity index (χ2v) is 8.89. The van der Waals surface area contributed by atoms with Crippen molar-refractivity contribution in [1.29, 1.82) is 0 Å². The first-order valence-electron chi connectivity index (χ1n) is 11.5. The standard InChI is InChI=1S/C25H25ClF3N3O3/c26-19-10-12-21(13-11-19)34-16-23(33)32(20-4-2-1-3-5-20)15-14-22-30-24(31-35-22)17-6-8-18(9-7-17)25(27,28)29/h6-13,20H,1-5,14-16H2. The molecule has 2 aromatic carbocycles. The van der Waals surface area contributed by atoms with Crippen LogP contribution in [0.3, 0.4) is 0 Å². The van der Waals surface area contributed by atoms with E-state index in [0.29, 0.717) is 35.2 Å². The second-order valence-electron chi connectivity index (χ2n) is 8.46. The predicted molar refractivity (Wildman–Crippen MR) is 124 cm³/mol. The quantitative estimate of drug-likeness (QED) is 0.363. The normalized spacial score (nSPS) is 14.6. The molecule has 1 saturated carbocycles. The molecular formula is C25H25ClF3N3O3. The van der Waals surface area contributed by atoms with Crippen LogP contribution in [0, 0.1) is 0 Å². The van der Waals surface area contributed by atoms with Crippen LogP contribution in [0.15, 0.2) is 53.1 Å². The maximum atomic E-state index is 13.1. The lowest BCUT2D eigenvalue weighted by molar-refractivity contribution is -0.138. The third-order valence-corrected chi connectivity index (χ3v) is 6.27. The number of carbonyl (C=O) groups is 1. The monoisotopic (exact) mass is 507 g/mol. The number of nitrogens with zero attached hydrogens (tertiary/aromatic N) is 3. The molecule has 0 aliphatic heterocycles. The molecule has 0 atom stereocenters. The highest BCUT2D eigenvalue weighted by Crippen LogP contribution is 2.30. The van der Waals surface area contributed by atoms with Gasteiger partial charge in [0.05, 0.1) is 5.56 Å². The van der Waals surface area contributed by atoms with Gasteiger partial charge in [0.1, 0.15) is 5.75 Å². The van der Waals surface area contributed by atoms with Gasteiger partial charge in [-0.1, -0.05) is 48.2 Å². The molecule has 1 amide bonds. The Bertz CT molecular complexity index is 1110. The van der Waals surface area contributed by atoms with Crippen molar-refractivity contribution in [3.63, 3.8) is 0 Å². The first-order valence-corrected chi connectivity index (χ1v) is 11.9. The van der Waals surface area contributed by atoms with Gasteiger partial charge in [-0.25, -0.2) is 0 Å². The molecule has 1 aliphatic carbocycles. The first kappa shape index (κ1) is 25.0. The summed E-state index contributed by atoms with van der Waals surface area (Å²) in [5, 5.41) is 4.48. The van der Waals surface area contributed by atoms with Gasteiger partial charge in [0.2, 0.25) is 11.7 Å². The van der Waals surface area contributed by atoms with Crippen LogP contribution in [-0.4, -0.2) is 40.1 Å². The van der Waals surface area contributed by atoms with Crippen LogP contribution in [0.5, 0.6) is 5.75 Å². The van der Waals surface area contributed by atoms with Crippen molar-refractivity contribution < 1.29 is 27.2 Å². The highest BCUT2D eigenvalue weighted by Gasteiger charge is 2.30. The number of rotatable bonds is 8. The molecule has 1 heterocycles. The SMILES string of the molecule is O=C(COc1ccc(Cl)cc1)N(CCc1nc(-c2ccc(C(F)(F)F)cc2)no1)C1CCCCC1. The zero-order chi connectivity index (χ0) is 24.8. The molecule has 186 valence electrons. The summed E-state index contributed by atoms with van der Waals surface area (Å²) < 4.78 is 49.3. The third-order valence-electron chi connectivity index (χ3n) is 6.02. The summed E-state index contributed by atoms with van der Waals surface area (Å²) in [6.45, 7) is 0.279. The predicted octanol–water partition coefficient (Wildman–Crippen LogP) is 6.19. The summed E-state index contributed by atoms with van der Waals surface area (Å²) in [5.74, 6) is 0.946. The number of ether oxygens (including phenoxy) is 1. The van der Waals surface area contributed by atoms with Crippen molar-refractivity contribution in [2.75, 3.05) is 13.2 Å². The largest absolute Gasteiger partial charge is 0.484 e. The van der Waals surface area contributed by atoms with E-state index in [1.165, 1.54) is 12.1 Å². The molecule has 3 aromatic rings. The number of carbonyl (C=O) groups excluding carboxylic acids is 1. The Labute approximate surface area is 206 Å². The van der Waals surface area contributed by atoms with E-state index in [1.807, 2.05) is 4.90 Å². The van der Waals surface area contributed by atoms with Gasteiger partial charge in [0.15, 0.2) is 6.61 Å². The molecule has 35 heavy (non-hydrogen) atoms. The lowest BCUT2D eigenvalue weighted by Crippen LogP contribution is -2.44. The smallest absolute Gasteiger partial charge is 0.416 e. The maximum absolute atomic E-state index is 13.1. The summed E-state index contributed by atoms with van der Waals surface area (Å²) in [7, 11) is 0. The third kappa shape index (κ3) is 6.75. The van der Waals surface area contributed by atoms with Crippen LogP contribution in [0.4, 0.5) is 13.2 Å². The van der Waals surface area contributed by atoms with Gasteiger partial charge >= 0.3 is 6.18 Å². The molecule has 4 rings (SSSR count). The van der Waals surface area contributed by atoms with Crippen LogP contribution in [0.2, 0.25) is 5.02 Å². The van der Waals surface area contributed by atoms with E-state index in [4.69, 9.17) is 20.9 Å².